The molecule has 0 amide bonds. The Labute approximate surface area is 160 Å². The molecule has 6 heteroatoms. The first-order chi connectivity index (χ1) is 13.4. The molecule has 2 aromatic rings. The number of ether oxygens (including phenoxy) is 2. The molecule has 28 heavy (non-hydrogen) atoms. The molecule has 0 spiro atoms. The van der Waals surface area contributed by atoms with Crippen LogP contribution in [0.5, 0.6) is 0 Å². The maximum Gasteiger partial charge on any atom is 0.303 e. The second kappa shape index (κ2) is 5.16. The van der Waals surface area contributed by atoms with E-state index in [2.05, 4.69) is 0 Å². The lowest BCUT2D eigenvalue weighted by molar-refractivity contribution is -0.297. The first-order valence-electron chi connectivity index (χ1n) is 9.03. The fourth-order valence-electron chi connectivity index (χ4n) is 5.46. The van der Waals surface area contributed by atoms with Crippen LogP contribution in [0.25, 0.3) is 0 Å². The third kappa shape index (κ3) is 1.60. The van der Waals surface area contributed by atoms with Crippen molar-refractivity contribution in [2.24, 2.45) is 11.8 Å². The van der Waals surface area contributed by atoms with Crippen LogP contribution in [-0.2, 0) is 30.3 Å². The zero-order valence-electron chi connectivity index (χ0n) is 15.2. The monoisotopic (exact) mass is 376 g/mol. The van der Waals surface area contributed by atoms with Crippen LogP contribution in [0.2, 0.25) is 0 Å². The summed E-state index contributed by atoms with van der Waals surface area (Å²) in [6, 6.07) is 13.6. The fourth-order valence-corrected chi connectivity index (χ4v) is 5.46. The molecule has 0 saturated heterocycles. The van der Waals surface area contributed by atoms with Gasteiger partial charge in [0.25, 0.3) is 0 Å². The van der Waals surface area contributed by atoms with Gasteiger partial charge in [0.05, 0.1) is 11.8 Å². The minimum atomic E-state index is -1.55. The molecule has 140 valence electrons. The van der Waals surface area contributed by atoms with Gasteiger partial charge in [0, 0.05) is 36.1 Å². The molecular formula is C22H16O6. The second-order valence-corrected chi connectivity index (χ2v) is 7.43. The highest BCUT2D eigenvalue weighted by molar-refractivity contribution is 6.15. The van der Waals surface area contributed by atoms with Gasteiger partial charge in [-0.05, 0) is 0 Å². The summed E-state index contributed by atoms with van der Waals surface area (Å²) in [5, 5.41) is 0. The first kappa shape index (κ1) is 16.9. The van der Waals surface area contributed by atoms with Gasteiger partial charge in [-0.3, -0.25) is 19.2 Å². The zero-order valence-corrected chi connectivity index (χ0v) is 15.2. The lowest BCUT2D eigenvalue weighted by Crippen LogP contribution is -2.72. The topological polar surface area (TPSA) is 86.7 Å². The second-order valence-electron chi connectivity index (χ2n) is 7.43. The summed E-state index contributed by atoms with van der Waals surface area (Å²) in [7, 11) is 0. The van der Waals surface area contributed by atoms with Crippen LogP contribution in [0.4, 0.5) is 0 Å². The van der Waals surface area contributed by atoms with Gasteiger partial charge in [0.15, 0.2) is 22.8 Å². The van der Waals surface area contributed by atoms with E-state index in [1.165, 1.54) is 13.8 Å². The van der Waals surface area contributed by atoms with E-state index >= 15 is 0 Å². The zero-order chi connectivity index (χ0) is 19.8. The van der Waals surface area contributed by atoms with E-state index < -0.39 is 35.0 Å². The number of carbonyl (C=O) groups is 4. The van der Waals surface area contributed by atoms with Crippen molar-refractivity contribution in [1.29, 1.82) is 0 Å². The average Bonchev–Trinajstić information content (AvgIpc) is 2.99. The molecule has 4 atom stereocenters. The number of ketones is 2. The Hall–Kier alpha value is -3.28. The predicted octanol–water partition coefficient (Wildman–Crippen LogP) is 2.54. The van der Waals surface area contributed by atoms with Crippen LogP contribution in [0.1, 0.15) is 45.7 Å². The maximum atomic E-state index is 13.2. The molecule has 0 radical (unpaired) electrons. The highest BCUT2D eigenvalue weighted by Gasteiger charge is 2.87. The van der Waals surface area contributed by atoms with Gasteiger partial charge in [-0.15, -0.1) is 0 Å². The number of carbonyl (C=O) groups excluding carboxylic acids is 4. The number of Topliss-reactive ketones (excluding diaryl/α,β-unsaturated/α-hetero) is 2. The molecule has 0 heterocycles. The number of rotatable bonds is 2. The van der Waals surface area contributed by atoms with Crippen molar-refractivity contribution in [2.75, 3.05) is 0 Å². The fraction of sp³-hybridized carbons (Fsp3) is 0.273. The smallest absolute Gasteiger partial charge is 0.303 e. The van der Waals surface area contributed by atoms with Crippen LogP contribution in [-0.4, -0.2) is 23.5 Å². The van der Waals surface area contributed by atoms with Crippen molar-refractivity contribution in [1.82, 2.24) is 0 Å². The van der Waals surface area contributed by atoms with Crippen molar-refractivity contribution >= 4 is 23.5 Å². The van der Waals surface area contributed by atoms with E-state index in [1.807, 2.05) is 0 Å². The first-order valence-corrected chi connectivity index (χ1v) is 9.03. The Morgan fingerprint density at radius 1 is 0.714 bits per heavy atom. The lowest BCUT2D eigenvalue weighted by Gasteiger charge is -2.60. The molecular weight excluding hydrogens is 360 g/mol. The molecule has 1 fully saturated rings. The van der Waals surface area contributed by atoms with Crippen molar-refractivity contribution in [3.8, 4) is 0 Å². The summed E-state index contributed by atoms with van der Waals surface area (Å²) >= 11 is 0. The van der Waals surface area contributed by atoms with Gasteiger partial charge in [0.1, 0.15) is 0 Å². The Bertz CT molecular complexity index is 1010. The Balaban J connectivity index is 1.89. The number of fused-ring (bicyclic) bond motifs is 8. The quantitative estimate of drug-likeness (QED) is 0.749. The molecule has 3 aliphatic carbocycles. The standard InChI is InChI=1S/C22H16O6/c1-11(23)27-21-15-9-5-3-7-13(15)19(25)17(21)18-20(26)14-8-4-6-10-16(14)22(18,21)28-12(2)24/h3-10,17-18H,1-2H3/t17-,18-,21-,22-/m0/s1. The van der Waals surface area contributed by atoms with Crippen LogP contribution in [0, 0.1) is 11.8 Å². The molecule has 5 rings (SSSR count). The number of benzene rings is 2. The van der Waals surface area contributed by atoms with Gasteiger partial charge in [0.2, 0.25) is 0 Å². The minimum Gasteiger partial charge on any atom is -0.449 e. The summed E-state index contributed by atoms with van der Waals surface area (Å²) in [6.45, 7) is 2.49. The van der Waals surface area contributed by atoms with Crippen molar-refractivity contribution in [3.63, 3.8) is 0 Å². The van der Waals surface area contributed by atoms with E-state index in [1.54, 1.807) is 48.5 Å². The SMILES string of the molecule is CC(=O)O[C@@]12c3ccccc3C(=O)[C@@H]1[C@H]1C(=O)c3ccccc3[C@]12OC(C)=O. The van der Waals surface area contributed by atoms with Crippen LogP contribution < -0.4 is 0 Å². The molecule has 3 aliphatic rings. The van der Waals surface area contributed by atoms with E-state index in [9.17, 15) is 19.2 Å². The molecule has 0 aromatic heterocycles. The lowest BCUT2D eigenvalue weighted by atomic mass is 9.49. The maximum absolute atomic E-state index is 13.2. The molecule has 0 N–H and O–H groups in total. The molecule has 0 unspecified atom stereocenters. The summed E-state index contributed by atoms with van der Waals surface area (Å²) in [6.07, 6.45) is 0. The van der Waals surface area contributed by atoms with Gasteiger partial charge in [-0.25, -0.2) is 0 Å². The highest BCUT2D eigenvalue weighted by atomic mass is 16.6. The Kier molecular flexibility index (Phi) is 3.11. The number of esters is 2. The van der Waals surface area contributed by atoms with E-state index in [0.29, 0.717) is 22.3 Å². The molecule has 6 nitrogen and oxygen atoms in total. The molecule has 0 bridgehead atoms. The summed E-state index contributed by atoms with van der Waals surface area (Å²) in [5.41, 5.74) is -1.37. The largest absolute Gasteiger partial charge is 0.449 e. The molecule has 0 aliphatic heterocycles. The molecule has 2 aromatic carbocycles. The third-order valence-electron chi connectivity index (χ3n) is 6.12. The normalized spacial score (nSPS) is 31.2. The van der Waals surface area contributed by atoms with Crippen LogP contribution in [0.3, 0.4) is 0 Å². The van der Waals surface area contributed by atoms with Crippen LogP contribution in [0.15, 0.2) is 48.5 Å². The van der Waals surface area contributed by atoms with E-state index in [4.69, 9.17) is 9.47 Å². The number of hydrogen-bond acceptors (Lipinski definition) is 6. The van der Waals surface area contributed by atoms with Crippen molar-refractivity contribution in [3.05, 3.63) is 70.8 Å². The van der Waals surface area contributed by atoms with E-state index in [0.717, 1.165) is 0 Å². The van der Waals surface area contributed by atoms with Gasteiger partial charge >= 0.3 is 11.9 Å². The van der Waals surface area contributed by atoms with E-state index in [-0.39, 0.29) is 11.6 Å². The predicted molar refractivity (Wildman–Crippen MR) is 95.4 cm³/mol. The van der Waals surface area contributed by atoms with Crippen molar-refractivity contribution in [2.45, 2.75) is 25.0 Å². The Morgan fingerprint density at radius 3 is 1.43 bits per heavy atom. The van der Waals surface area contributed by atoms with Gasteiger partial charge in [-0.1, -0.05) is 48.5 Å². The van der Waals surface area contributed by atoms with Gasteiger partial charge in [-0.2, -0.15) is 0 Å². The minimum absolute atomic E-state index is 0.272. The van der Waals surface area contributed by atoms with Crippen LogP contribution >= 0.6 is 0 Å². The summed E-state index contributed by atoms with van der Waals surface area (Å²) < 4.78 is 11.7. The molecule has 1 saturated carbocycles. The third-order valence-corrected chi connectivity index (χ3v) is 6.12. The Morgan fingerprint density at radius 2 is 1.07 bits per heavy atom. The summed E-state index contributed by atoms with van der Waals surface area (Å²) in [5.74, 6) is -3.62. The van der Waals surface area contributed by atoms with Crippen molar-refractivity contribution < 1.29 is 28.7 Å². The summed E-state index contributed by atoms with van der Waals surface area (Å²) in [4.78, 5) is 50.8. The van der Waals surface area contributed by atoms with Gasteiger partial charge < -0.3 is 9.47 Å². The average molecular weight is 376 g/mol. The highest BCUT2D eigenvalue weighted by Crippen LogP contribution is 2.74. The number of hydrogen-bond donors (Lipinski definition) is 0.